The Morgan fingerprint density at radius 3 is 1.60 bits per heavy atom. The third kappa shape index (κ3) is 11.5. The zero-order valence-electron chi connectivity index (χ0n) is 50.0. The Kier molecular flexibility index (Phi) is 16.3. The number of anilines is 2. The highest BCUT2D eigenvalue weighted by molar-refractivity contribution is 6.65. The van der Waals surface area contributed by atoms with E-state index in [1.807, 2.05) is 75.6 Å². The number of carbonyl (C=O) groups excluding carboxylic acids is 2. The van der Waals surface area contributed by atoms with Crippen LogP contribution in [-0.2, 0) is 41.5 Å². The summed E-state index contributed by atoms with van der Waals surface area (Å²) in [6.45, 7) is 23.6. The quantitative estimate of drug-likeness (QED) is 0.0974. The van der Waals surface area contributed by atoms with E-state index in [-0.39, 0.29) is 22.9 Å². The van der Waals surface area contributed by atoms with Crippen LogP contribution < -0.4 is 15.3 Å². The van der Waals surface area contributed by atoms with E-state index in [1.54, 1.807) is 36.9 Å². The molecule has 2 amide bonds. The predicted molar refractivity (Wildman–Crippen MR) is 332 cm³/mol. The summed E-state index contributed by atoms with van der Waals surface area (Å²) in [7, 11) is -0.676. The number of pyridine rings is 2. The lowest BCUT2D eigenvalue weighted by Gasteiger charge is -2.33. The van der Waals surface area contributed by atoms with Gasteiger partial charge < -0.3 is 57.2 Å². The van der Waals surface area contributed by atoms with Gasteiger partial charge in [0.15, 0.2) is 28.6 Å². The van der Waals surface area contributed by atoms with Gasteiger partial charge in [-0.3, -0.25) is 19.4 Å². The van der Waals surface area contributed by atoms with Crippen molar-refractivity contribution in [3.63, 3.8) is 0 Å². The van der Waals surface area contributed by atoms with Crippen LogP contribution in [0.3, 0.4) is 0 Å². The third-order valence-electron chi connectivity index (χ3n) is 17.5. The molecule has 0 unspecified atom stereocenters. The van der Waals surface area contributed by atoms with Gasteiger partial charge in [-0.1, -0.05) is 0 Å². The molecule has 5 fully saturated rings. The second kappa shape index (κ2) is 24.2. The molecule has 8 aromatic heterocycles. The molecule has 0 spiro atoms. The van der Waals surface area contributed by atoms with Crippen molar-refractivity contribution in [2.24, 2.45) is 0 Å². The van der Waals surface area contributed by atoms with Crippen LogP contribution >= 0.6 is 11.6 Å². The molecule has 15 rings (SSSR count). The average molecular weight is 1220 g/mol. The van der Waals surface area contributed by atoms with E-state index in [0.29, 0.717) is 133 Å². The van der Waals surface area contributed by atoms with E-state index < -0.39 is 24.1 Å². The zero-order valence-corrected chi connectivity index (χ0v) is 50.8. The smallest absolute Gasteiger partial charge is 0.432 e. The number of hydrogen-bond donors (Lipinski definition) is 2. The van der Waals surface area contributed by atoms with Gasteiger partial charge in [0.2, 0.25) is 28.5 Å². The van der Waals surface area contributed by atoms with E-state index in [0.717, 1.165) is 90.7 Å². The monoisotopic (exact) mass is 1220 g/mol. The summed E-state index contributed by atoms with van der Waals surface area (Å²) < 4.78 is 64.6. The number of piperazine rings is 2. The van der Waals surface area contributed by atoms with E-state index >= 15 is 4.39 Å². The fraction of sp³-hybridized carbons (Fsp3) is 0.419. The topological polar surface area (TPSA) is 226 Å². The van der Waals surface area contributed by atoms with Gasteiger partial charge in [0.1, 0.15) is 22.7 Å². The maximum absolute atomic E-state index is 15.3. The van der Waals surface area contributed by atoms with Crippen LogP contribution in [0.15, 0.2) is 82.2 Å². The molecule has 2 aromatic carbocycles. The Morgan fingerprint density at radius 2 is 1.08 bits per heavy atom. The summed E-state index contributed by atoms with van der Waals surface area (Å²) in [5, 5.41) is 3.24. The van der Waals surface area contributed by atoms with Crippen molar-refractivity contribution < 1.29 is 46.0 Å². The van der Waals surface area contributed by atoms with Crippen molar-refractivity contribution in [1.29, 1.82) is 0 Å². The summed E-state index contributed by atoms with van der Waals surface area (Å²) in [5.74, 6) is 1.19. The number of hydrogen-bond acceptors (Lipinski definition) is 18. The molecule has 0 saturated carbocycles. The fourth-order valence-corrected chi connectivity index (χ4v) is 12.2. The van der Waals surface area contributed by atoms with Crippen molar-refractivity contribution in [1.82, 2.24) is 59.5 Å². The Balaban J connectivity index is 0.000000129. The molecular formula is C62H68BClF2N14O8. The van der Waals surface area contributed by atoms with Crippen molar-refractivity contribution >= 4 is 114 Å². The molecule has 5 aliphatic rings. The highest BCUT2D eigenvalue weighted by Gasteiger charge is 2.53. The molecular weight excluding hydrogens is 1150 g/mol. The van der Waals surface area contributed by atoms with Crippen molar-refractivity contribution in [3.8, 4) is 11.4 Å². The number of morpholine rings is 2. The number of amides is 2. The molecule has 22 nitrogen and oxygen atoms in total. The number of fused-ring (bicyclic) bond motifs is 8. The highest BCUT2D eigenvalue weighted by atomic mass is 35.5. The molecule has 26 heteroatoms. The molecule has 5 saturated heterocycles. The molecule has 458 valence electrons. The second-order valence-electron chi connectivity index (χ2n) is 23.6. The fourth-order valence-electron chi connectivity index (χ4n) is 12.0. The van der Waals surface area contributed by atoms with Crippen molar-refractivity contribution in [2.75, 3.05) is 115 Å². The SMILES string of the molecule is CC1(C)OB(c2c(F)ccc3[nH]ccc23)OC1(C)C.CCN1CCN(Cc2cnc3oc4c(N5CCOCC5)nc(-c5c(F)ccc6[nH]ccc56)nc4c3c2)CC1=O.CCN1CCN(Cc2cnc3oc4c(N5CCOCC5)nc(Cl)nc4c3c2)CC1=O. The molecule has 0 aliphatic carbocycles. The van der Waals surface area contributed by atoms with E-state index in [4.69, 9.17) is 49.2 Å². The number of H-pyrrole nitrogens is 2. The van der Waals surface area contributed by atoms with E-state index in [9.17, 15) is 14.0 Å². The van der Waals surface area contributed by atoms with Gasteiger partial charge in [-0.15, -0.1) is 0 Å². The van der Waals surface area contributed by atoms with Gasteiger partial charge in [-0.2, -0.15) is 4.98 Å². The first-order valence-corrected chi connectivity index (χ1v) is 30.3. The van der Waals surface area contributed by atoms with Gasteiger partial charge in [-0.25, -0.2) is 33.7 Å². The van der Waals surface area contributed by atoms with Crippen LogP contribution in [0.4, 0.5) is 20.4 Å². The first kappa shape index (κ1) is 59.1. The van der Waals surface area contributed by atoms with Crippen LogP contribution in [0.1, 0.15) is 52.7 Å². The van der Waals surface area contributed by atoms with E-state index in [1.165, 1.54) is 12.1 Å². The second-order valence-corrected chi connectivity index (χ2v) is 23.9. The van der Waals surface area contributed by atoms with Crippen LogP contribution in [0.25, 0.3) is 77.6 Å². The third-order valence-corrected chi connectivity index (χ3v) is 17.7. The van der Waals surface area contributed by atoms with Gasteiger partial charge >= 0.3 is 7.12 Å². The van der Waals surface area contributed by atoms with Crippen molar-refractivity contribution in [2.45, 2.75) is 65.8 Å². The molecule has 10 aromatic rings. The number of aromatic amines is 2. The minimum atomic E-state index is -0.676. The van der Waals surface area contributed by atoms with Crippen LogP contribution in [-0.4, -0.2) is 195 Å². The number of likely N-dealkylation sites (N-methyl/N-ethyl adjacent to an activating group) is 2. The number of halogens is 3. The maximum Gasteiger partial charge on any atom is 0.498 e. The molecule has 13 heterocycles. The van der Waals surface area contributed by atoms with Gasteiger partial charge in [-0.05, 0) is 113 Å². The lowest BCUT2D eigenvalue weighted by atomic mass is 9.76. The Morgan fingerprint density at radius 1 is 0.591 bits per heavy atom. The number of nitrogens with zero attached hydrogens (tertiary/aromatic N) is 12. The first-order valence-electron chi connectivity index (χ1n) is 29.9. The van der Waals surface area contributed by atoms with Gasteiger partial charge in [0, 0.05) is 131 Å². The summed E-state index contributed by atoms with van der Waals surface area (Å²) in [6, 6.07) is 14.0. The Bertz CT molecular complexity index is 4240. The lowest BCUT2D eigenvalue weighted by molar-refractivity contribution is -0.136. The normalized spacial score (nSPS) is 18.6. The number of nitrogens with one attached hydrogen (secondary N) is 2. The van der Waals surface area contributed by atoms with Gasteiger partial charge in [0.25, 0.3) is 0 Å². The standard InChI is InChI=1S/C28H28FN7O3.C20H23ClN6O3.C14H17BFNO2/c1-2-35-8-7-34(16-22(35)37)15-17-13-19-24-25(39-28(19)31-14-17)27(36-9-11-38-12-10-36)33-26(32-24)23-18-5-6-30-21(18)4-3-20(23)29;1-2-26-4-3-25(12-15(26)28)11-13-9-14-16-17(30-19(14)22-10-13)18(24-20(21)23-16)27-5-7-29-8-6-27;1-13(2)14(3,4)19-15(18-13)12-9-7-8-17-11(9)6-5-10(12)16/h3-6,13-14,30H,2,7-12,15-16H2,1H3;9-10H,2-8,11-12H2,1H3;5-8,17H,1-4H3. The molecule has 0 atom stereocenters. The molecule has 0 bridgehead atoms. The van der Waals surface area contributed by atoms with E-state index in [2.05, 4.69) is 49.5 Å². The number of aromatic nitrogens is 8. The summed E-state index contributed by atoms with van der Waals surface area (Å²) in [5.41, 5.74) is 6.83. The summed E-state index contributed by atoms with van der Waals surface area (Å²) in [6.07, 6.45) is 7.15. The maximum atomic E-state index is 15.3. The number of ether oxygens (including phenoxy) is 2. The number of benzene rings is 2. The highest BCUT2D eigenvalue weighted by Crippen LogP contribution is 2.40. The molecule has 0 radical (unpaired) electrons. The Labute approximate surface area is 510 Å². The average Bonchev–Trinajstić information content (AvgIpc) is 2.21. The molecule has 2 N–H and O–H groups in total. The first-order chi connectivity index (χ1) is 42.5. The minimum absolute atomic E-state index is 0.139. The minimum Gasteiger partial charge on any atom is -0.432 e. The van der Waals surface area contributed by atoms with Gasteiger partial charge in [0.05, 0.1) is 67.1 Å². The Hall–Kier alpha value is -7.91. The zero-order chi connectivity index (χ0) is 61.0. The largest absolute Gasteiger partial charge is 0.498 e. The molecule has 88 heavy (non-hydrogen) atoms. The van der Waals surface area contributed by atoms with Crippen molar-refractivity contribution in [3.05, 3.63) is 101 Å². The summed E-state index contributed by atoms with van der Waals surface area (Å²) >= 11 is 6.25. The van der Waals surface area contributed by atoms with Crippen LogP contribution in [0, 0.1) is 11.6 Å². The lowest BCUT2D eigenvalue weighted by Crippen LogP contribution is -2.49. The molecule has 5 aliphatic heterocycles. The van der Waals surface area contributed by atoms with Crippen LogP contribution in [0.2, 0.25) is 5.28 Å². The number of carbonyl (C=O) groups is 2. The number of rotatable bonds is 10. The predicted octanol–water partition coefficient (Wildman–Crippen LogP) is 8.09. The summed E-state index contributed by atoms with van der Waals surface area (Å²) in [4.78, 5) is 70.7. The van der Waals surface area contributed by atoms with Crippen LogP contribution in [0.5, 0.6) is 0 Å². The number of furan rings is 2.